The van der Waals surface area contributed by atoms with Gasteiger partial charge in [-0.2, -0.15) is 0 Å². The van der Waals surface area contributed by atoms with Gasteiger partial charge in [-0.05, 0) is 33.9 Å². The third kappa shape index (κ3) is 4.74. The van der Waals surface area contributed by atoms with Gasteiger partial charge in [0.05, 0.1) is 10.7 Å². The highest BCUT2D eigenvalue weighted by Gasteiger charge is 2.09. The number of aromatic nitrogens is 1. The van der Waals surface area contributed by atoms with Gasteiger partial charge in [0.25, 0.3) is 0 Å². The Morgan fingerprint density at radius 1 is 1.29 bits per heavy atom. The molecular weight excluding hydrogens is 230 g/mol. The molecular formula is C13H25N3S. The van der Waals surface area contributed by atoms with Crippen LogP contribution in [0.5, 0.6) is 0 Å². The molecule has 0 aliphatic carbocycles. The van der Waals surface area contributed by atoms with Crippen LogP contribution in [0.15, 0.2) is 0 Å². The van der Waals surface area contributed by atoms with Crippen LogP contribution in [0.3, 0.4) is 0 Å². The van der Waals surface area contributed by atoms with E-state index in [9.17, 15) is 0 Å². The molecule has 0 aromatic carbocycles. The van der Waals surface area contributed by atoms with Crippen LogP contribution < -0.4 is 5.32 Å². The molecule has 98 valence electrons. The molecule has 0 amide bonds. The van der Waals surface area contributed by atoms with Gasteiger partial charge in [-0.15, -0.1) is 11.3 Å². The summed E-state index contributed by atoms with van der Waals surface area (Å²) >= 11 is 1.80. The van der Waals surface area contributed by atoms with Crippen LogP contribution in [-0.4, -0.2) is 35.6 Å². The molecule has 0 spiro atoms. The Morgan fingerprint density at radius 3 is 2.41 bits per heavy atom. The van der Waals surface area contributed by atoms with E-state index in [1.54, 1.807) is 11.3 Å². The topological polar surface area (TPSA) is 28.2 Å². The lowest BCUT2D eigenvalue weighted by Crippen LogP contribution is -2.38. The molecule has 4 heteroatoms. The average molecular weight is 255 g/mol. The summed E-state index contributed by atoms with van der Waals surface area (Å²) in [5.74, 6) is 0. The van der Waals surface area contributed by atoms with Crippen molar-refractivity contribution in [2.75, 3.05) is 19.6 Å². The summed E-state index contributed by atoms with van der Waals surface area (Å²) < 4.78 is 0. The summed E-state index contributed by atoms with van der Waals surface area (Å²) in [4.78, 5) is 8.27. The van der Waals surface area contributed by atoms with Gasteiger partial charge < -0.3 is 10.2 Å². The van der Waals surface area contributed by atoms with E-state index in [1.807, 2.05) is 0 Å². The number of hydrogen-bond donors (Lipinski definition) is 1. The molecule has 0 bridgehead atoms. The van der Waals surface area contributed by atoms with Crippen molar-refractivity contribution in [2.24, 2.45) is 0 Å². The summed E-state index contributed by atoms with van der Waals surface area (Å²) in [5, 5.41) is 4.74. The third-order valence-corrected chi connectivity index (χ3v) is 4.11. The van der Waals surface area contributed by atoms with Crippen LogP contribution in [0.1, 0.15) is 36.3 Å². The average Bonchev–Trinajstić information content (AvgIpc) is 2.62. The maximum atomic E-state index is 4.45. The molecule has 0 radical (unpaired) electrons. The van der Waals surface area contributed by atoms with Crippen LogP contribution in [0, 0.1) is 13.8 Å². The third-order valence-electron chi connectivity index (χ3n) is 3.04. The number of likely N-dealkylation sites (N-methyl/N-ethyl adjacent to an activating group) is 1. The maximum absolute atomic E-state index is 4.45. The Balaban J connectivity index is 2.37. The Morgan fingerprint density at radius 2 is 1.94 bits per heavy atom. The summed E-state index contributed by atoms with van der Waals surface area (Å²) in [6, 6.07) is 0.525. The zero-order valence-corrected chi connectivity index (χ0v) is 12.5. The zero-order chi connectivity index (χ0) is 12.8. The first kappa shape index (κ1) is 14.6. The molecule has 0 fully saturated rings. The van der Waals surface area contributed by atoms with Gasteiger partial charge >= 0.3 is 0 Å². The smallest absolute Gasteiger partial charge is 0.0900 e. The van der Waals surface area contributed by atoms with Crippen molar-refractivity contribution >= 4 is 11.3 Å². The highest BCUT2D eigenvalue weighted by molar-refractivity contribution is 7.11. The molecule has 1 aromatic rings. The summed E-state index contributed by atoms with van der Waals surface area (Å²) in [6.07, 6.45) is 0. The Bertz CT molecular complexity index is 331. The van der Waals surface area contributed by atoms with Crippen LogP contribution >= 0.6 is 11.3 Å². The molecule has 3 nitrogen and oxygen atoms in total. The van der Waals surface area contributed by atoms with Crippen molar-refractivity contribution in [3.63, 3.8) is 0 Å². The zero-order valence-electron chi connectivity index (χ0n) is 11.7. The Kier molecular flexibility index (Phi) is 6.09. The van der Waals surface area contributed by atoms with Gasteiger partial charge in [-0.1, -0.05) is 13.8 Å². The Hall–Kier alpha value is -0.450. The van der Waals surface area contributed by atoms with E-state index in [0.717, 1.165) is 31.2 Å². The van der Waals surface area contributed by atoms with Crippen LogP contribution in [-0.2, 0) is 6.54 Å². The number of rotatable bonds is 7. The number of nitrogens with zero attached hydrogens (tertiary/aromatic N) is 2. The normalized spacial score (nSPS) is 13.3. The van der Waals surface area contributed by atoms with Gasteiger partial charge in [0.2, 0.25) is 0 Å². The lowest BCUT2D eigenvalue weighted by molar-refractivity contribution is 0.271. The van der Waals surface area contributed by atoms with E-state index in [0.29, 0.717) is 6.04 Å². The van der Waals surface area contributed by atoms with Crippen molar-refractivity contribution in [2.45, 2.75) is 47.2 Å². The van der Waals surface area contributed by atoms with E-state index in [1.165, 1.54) is 10.6 Å². The van der Waals surface area contributed by atoms with Crippen LogP contribution in [0.4, 0.5) is 0 Å². The molecule has 0 saturated heterocycles. The molecule has 0 aliphatic rings. The lowest BCUT2D eigenvalue weighted by Gasteiger charge is -2.23. The van der Waals surface area contributed by atoms with Crippen LogP contribution in [0.2, 0.25) is 0 Å². The Labute approximate surface area is 109 Å². The summed E-state index contributed by atoms with van der Waals surface area (Å²) in [5.41, 5.74) is 1.18. The number of nitrogens with one attached hydrogen (secondary N) is 1. The second-order valence-corrected chi connectivity index (χ2v) is 5.80. The van der Waals surface area contributed by atoms with Crippen molar-refractivity contribution in [3.05, 3.63) is 15.6 Å². The largest absolute Gasteiger partial charge is 0.308 e. The molecule has 17 heavy (non-hydrogen) atoms. The molecule has 0 aliphatic heterocycles. The maximum Gasteiger partial charge on any atom is 0.0900 e. The van der Waals surface area contributed by atoms with Crippen molar-refractivity contribution in [1.82, 2.24) is 15.2 Å². The second kappa shape index (κ2) is 7.09. The van der Waals surface area contributed by atoms with E-state index in [2.05, 4.69) is 49.8 Å². The fourth-order valence-electron chi connectivity index (χ4n) is 1.94. The molecule has 0 saturated carbocycles. The highest BCUT2D eigenvalue weighted by Crippen LogP contribution is 2.16. The van der Waals surface area contributed by atoms with Gasteiger partial charge in [0.1, 0.15) is 0 Å². The SMILES string of the molecule is CCN(CC)CC(C)NCc1sc(C)nc1C. The fourth-order valence-corrected chi connectivity index (χ4v) is 2.83. The first-order valence-corrected chi connectivity index (χ1v) is 7.27. The quantitative estimate of drug-likeness (QED) is 0.811. The summed E-state index contributed by atoms with van der Waals surface area (Å²) in [6.45, 7) is 15.2. The number of hydrogen-bond acceptors (Lipinski definition) is 4. The monoisotopic (exact) mass is 255 g/mol. The first-order valence-electron chi connectivity index (χ1n) is 6.45. The van der Waals surface area contributed by atoms with Crippen molar-refractivity contribution in [1.29, 1.82) is 0 Å². The predicted molar refractivity (Wildman–Crippen MR) is 75.7 cm³/mol. The lowest BCUT2D eigenvalue weighted by atomic mass is 10.3. The van der Waals surface area contributed by atoms with Gasteiger partial charge in [-0.25, -0.2) is 4.98 Å². The molecule has 1 heterocycles. The van der Waals surface area contributed by atoms with Gasteiger partial charge in [0.15, 0.2) is 0 Å². The van der Waals surface area contributed by atoms with Gasteiger partial charge in [-0.3, -0.25) is 0 Å². The van der Waals surface area contributed by atoms with Gasteiger partial charge in [0, 0.05) is 24.0 Å². The summed E-state index contributed by atoms with van der Waals surface area (Å²) in [7, 11) is 0. The molecule has 1 rings (SSSR count). The minimum absolute atomic E-state index is 0.525. The van der Waals surface area contributed by atoms with Crippen molar-refractivity contribution < 1.29 is 0 Å². The van der Waals surface area contributed by atoms with E-state index < -0.39 is 0 Å². The first-order chi connectivity index (χ1) is 8.06. The number of aryl methyl sites for hydroxylation is 2. The standard InChI is InChI=1S/C13H25N3S/c1-6-16(7-2)9-10(3)14-8-13-11(4)15-12(5)17-13/h10,14H,6-9H2,1-5H3. The fraction of sp³-hybridized carbons (Fsp3) is 0.769. The minimum atomic E-state index is 0.525. The molecule has 1 unspecified atom stereocenters. The van der Waals surface area contributed by atoms with E-state index in [4.69, 9.17) is 0 Å². The molecule has 1 aromatic heterocycles. The molecule has 1 atom stereocenters. The van der Waals surface area contributed by atoms with Crippen molar-refractivity contribution in [3.8, 4) is 0 Å². The van der Waals surface area contributed by atoms with E-state index >= 15 is 0 Å². The predicted octanol–water partition coefficient (Wildman–Crippen LogP) is 2.58. The van der Waals surface area contributed by atoms with E-state index in [-0.39, 0.29) is 0 Å². The molecule has 1 N–H and O–H groups in total. The number of thiazole rings is 1. The highest BCUT2D eigenvalue weighted by atomic mass is 32.1. The van der Waals surface area contributed by atoms with Crippen LogP contribution in [0.25, 0.3) is 0 Å². The second-order valence-electron chi connectivity index (χ2n) is 4.51. The minimum Gasteiger partial charge on any atom is -0.308 e.